The molecule has 1 rings (SSSR count). The van der Waals surface area contributed by atoms with Gasteiger partial charge in [0.1, 0.15) is 0 Å². The van der Waals surface area contributed by atoms with Crippen LogP contribution >= 0.6 is 0 Å². The van der Waals surface area contributed by atoms with Gasteiger partial charge in [-0.1, -0.05) is 52.4 Å². The molecule has 0 aromatic rings. The standard InChI is InChI=1S/C16H34O2Si/c1-5-7-10-15(6-2)14-19(4,17-3)18-13-16-11-8-9-12-16/h15-16H,5-14H2,1-4H3. The summed E-state index contributed by atoms with van der Waals surface area (Å²) in [7, 11) is -0.0704. The molecule has 2 unspecified atom stereocenters. The molecule has 0 aliphatic heterocycles. The van der Waals surface area contributed by atoms with Crippen LogP contribution in [0.15, 0.2) is 0 Å². The monoisotopic (exact) mass is 286 g/mol. The third-order valence-corrected chi connectivity index (χ3v) is 7.69. The summed E-state index contributed by atoms with van der Waals surface area (Å²) in [5, 5.41) is 0. The molecule has 1 aliphatic rings. The van der Waals surface area contributed by atoms with Crippen LogP contribution in [0.1, 0.15) is 65.2 Å². The SMILES string of the molecule is CCCCC(CC)C[Si](C)(OC)OCC1CCCC1. The van der Waals surface area contributed by atoms with E-state index in [0.717, 1.165) is 18.4 Å². The lowest BCUT2D eigenvalue weighted by atomic mass is 10.0. The fourth-order valence-electron chi connectivity index (χ4n) is 3.14. The maximum absolute atomic E-state index is 6.29. The minimum Gasteiger partial charge on any atom is -0.398 e. The fraction of sp³-hybridized carbons (Fsp3) is 1.00. The van der Waals surface area contributed by atoms with Crippen molar-refractivity contribution >= 4 is 8.56 Å². The largest absolute Gasteiger partial charge is 0.398 e. The van der Waals surface area contributed by atoms with Gasteiger partial charge < -0.3 is 8.85 Å². The molecule has 1 saturated carbocycles. The molecule has 0 N–H and O–H groups in total. The topological polar surface area (TPSA) is 18.5 Å². The molecule has 1 fully saturated rings. The van der Waals surface area contributed by atoms with Gasteiger partial charge in [0, 0.05) is 13.7 Å². The highest BCUT2D eigenvalue weighted by molar-refractivity contribution is 6.66. The van der Waals surface area contributed by atoms with Crippen LogP contribution in [0.3, 0.4) is 0 Å². The molecule has 114 valence electrons. The van der Waals surface area contributed by atoms with Crippen molar-refractivity contribution in [1.82, 2.24) is 0 Å². The Kier molecular flexibility index (Phi) is 8.27. The van der Waals surface area contributed by atoms with Crippen LogP contribution in [0, 0.1) is 11.8 Å². The minimum atomic E-state index is -1.92. The Morgan fingerprint density at radius 1 is 1.21 bits per heavy atom. The Hall–Kier alpha value is 0.137. The van der Waals surface area contributed by atoms with Crippen molar-refractivity contribution in [1.29, 1.82) is 0 Å². The highest BCUT2D eigenvalue weighted by Gasteiger charge is 2.34. The first-order valence-corrected chi connectivity index (χ1v) is 10.8. The first kappa shape index (κ1) is 17.2. The second kappa shape index (κ2) is 9.14. The van der Waals surface area contributed by atoms with Gasteiger partial charge in [-0.15, -0.1) is 0 Å². The summed E-state index contributed by atoms with van der Waals surface area (Å²) in [5.74, 6) is 1.60. The Bertz CT molecular complexity index is 229. The van der Waals surface area contributed by atoms with Crippen LogP contribution in [0.25, 0.3) is 0 Å². The van der Waals surface area contributed by atoms with E-state index in [1.54, 1.807) is 0 Å². The second-order valence-corrected chi connectivity index (χ2v) is 9.79. The summed E-state index contributed by atoms with van der Waals surface area (Å²) in [5.41, 5.74) is 0. The average Bonchev–Trinajstić information content (AvgIpc) is 2.94. The van der Waals surface area contributed by atoms with E-state index in [9.17, 15) is 0 Å². The Morgan fingerprint density at radius 3 is 2.42 bits per heavy atom. The zero-order valence-electron chi connectivity index (χ0n) is 13.5. The highest BCUT2D eigenvalue weighted by Crippen LogP contribution is 2.29. The van der Waals surface area contributed by atoms with Gasteiger partial charge in [-0.3, -0.25) is 0 Å². The quantitative estimate of drug-likeness (QED) is 0.518. The van der Waals surface area contributed by atoms with Crippen LogP contribution in [-0.4, -0.2) is 22.3 Å². The Morgan fingerprint density at radius 2 is 1.89 bits per heavy atom. The minimum absolute atomic E-state index is 0.792. The van der Waals surface area contributed by atoms with Crippen molar-refractivity contribution in [3.05, 3.63) is 0 Å². The second-order valence-electron chi connectivity index (χ2n) is 6.42. The van der Waals surface area contributed by atoms with Crippen LogP contribution in [0.5, 0.6) is 0 Å². The zero-order valence-corrected chi connectivity index (χ0v) is 14.5. The van der Waals surface area contributed by atoms with Gasteiger partial charge in [0.05, 0.1) is 0 Å². The molecule has 1 aliphatic carbocycles. The normalized spacial score (nSPS) is 21.5. The van der Waals surface area contributed by atoms with Gasteiger partial charge in [-0.25, -0.2) is 0 Å². The van der Waals surface area contributed by atoms with Gasteiger partial charge in [0.15, 0.2) is 0 Å². The summed E-state index contributed by atoms with van der Waals surface area (Å²) in [6, 6.07) is 1.17. The van der Waals surface area contributed by atoms with E-state index >= 15 is 0 Å². The first-order chi connectivity index (χ1) is 9.13. The molecule has 0 aromatic heterocycles. The zero-order chi connectivity index (χ0) is 14.1. The third kappa shape index (κ3) is 6.41. The molecule has 0 bridgehead atoms. The van der Waals surface area contributed by atoms with E-state index < -0.39 is 8.56 Å². The van der Waals surface area contributed by atoms with E-state index in [-0.39, 0.29) is 0 Å². The summed E-state index contributed by atoms with van der Waals surface area (Å²) < 4.78 is 12.1. The average molecular weight is 287 g/mol. The molecule has 0 aromatic carbocycles. The molecular weight excluding hydrogens is 252 g/mol. The Balaban J connectivity index is 2.37. The van der Waals surface area contributed by atoms with Crippen LogP contribution in [0.4, 0.5) is 0 Å². The van der Waals surface area contributed by atoms with E-state index in [1.165, 1.54) is 57.4 Å². The highest BCUT2D eigenvalue weighted by atomic mass is 28.4. The van der Waals surface area contributed by atoms with E-state index in [0.29, 0.717) is 0 Å². The maximum Gasteiger partial charge on any atom is 0.334 e. The molecular formula is C16H34O2Si. The van der Waals surface area contributed by atoms with Crippen LogP contribution < -0.4 is 0 Å². The Labute approximate surface area is 121 Å². The van der Waals surface area contributed by atoms with Crippen LogP contribution in [-0.2, 0) is 8.85 Å². The van der Waals surface area contributed by atoms with Crippen molar-refractivity contribution < 1.29 is 8.85 Å². The van der Waals surface area contributed by atoms with E-state index in [4.69, 9.17) is 8.85 Å². The van der Waals surface area contributed by atoms with E-state index in [2.05, 4.69) is 20.4 Å². The van der Waals surface area contributed by atoms with Gasteiger partial charge >= 0.3 is 8.56 Å². The number of unbranched alkanes of at least 4 members (excludes halogenated alkanes) is 1. The molecule has 0 spiro atoms. The number of hydrogen-bond acceptors (Lipinski definition) is 2. The van der Waals surface area contributed by atoms with E-state index in [1.807, 2.05) is 7.11 Å². The molecule has 2 atom stereocenters. The molecule has 0 saturated heterocycles. The molecule has 19 heavy (non-hydrogen) atoms. The van der Waals surface area contributed by atoms with Crippen LogP contribution in [0.2, 0.25) is 12.6 Å². The summed E-state index contributed by atoms with van der Waals surface area (Å²) in [4.78, 5) is 0. The lowest BCUT2D eigenvalue weighted by Crippen LogP contribution is -2.40. The summed E-state index contributed by atoms with van der Waals surface area (Å²) in [6.07, 6.45) is 10.8. The van der Waals surface area contributed by atoms with Gasteiger partial charge in [0.2, 0.25) is 0 Å². The smallest absolute Gasteiger partial charge is 0.334 e. The van der Waals surface area contributed by atoms with Crippen molar-refractivity contribution in [2.75, 3.05) is 13.7 Å². The first-order valence-electron chi connectivity index (χ1n) is 8.32. The molecule has 0 radical (unpaired) electrons. The molecule has 3 heteroatoms. The number of hydrogen-bond donors (Lipinski definition) is 0. The summed E-state index contributed by atoms with van der Waals surface area (Å²) >= 11 is 0. The fourth-order valence-corrected chi connectivity index (χ4v) is 5.67. The van der Waals surface area contributed by atoms with Gasteiger partial charge in [-0.05, 0) is 37.3 Å². The lowest BCUT2D eigenvalue weighted by Gasteiger charge is -2.30. The van der Waals surface area contributed by atoms with Gasteiger partial charge in [0.25, 0.3) is 0 Å². The van der Waals surface area contributed by atoms with Crippen molar-refractivity contribution in [2.24, 2.45) is 11.8 Å². The van der Waals surface area contributed by atoms with Crippen molar-refractivity contribution in [3.8, 4) is 0 Å². The maximum atomic E-state index is 6.29. The molecule has 0 amide bonds. The van der Waals surface area contributed by atoms with Crippen molar-refractivity contribution in [2.45, 2.75) is 77.8 Å². The predicted molar refractivity (Wildman–Crippen MR) is 84.7 cm³/mol. The van der Waals surface area contributed by atoms with Crippen molar-refractivity contribution in [3.63, 3.8) is 0 Å². The summed E-state index contributed by atoms with van der Waals surface area (Å²) in [6.45, 7) is 7.79. The molecule has 2 nitrogen and oxygen atoms in total. The lowest BCUT2D eigenvalue weighted by molar-refractivity contribution is 0.166. The predicted octanol–water partition coefficient (Wildman–Crippen LogP) is 5.13. The molecule has 0 heterocycles. The number of rotatable bonds is 10. The third-order valence-electron chi connectivity index (χ3n) is 4.73. The van der Waals surface area contributed by atoms with Gasteiger partial charge in [-0.2, -0.15) is 0 Å².